The number of anilines is 3. The summed E-state index contributed by atoms with van der Waals surface area (Å²) in [6, 6.07) is 14.5. The molecule has 1 aliphatic carbocycles. The van der Waals surface area contributed by atoms with Gasteiger partial charge in [0, 0.05) is 49.7 Å². The second-order valence-corrected chi connectivity index (χ2v) is 10.9. The molecule has 9 nitrogen and oxygen atoms in total. The Labute approximate surface area is 211 Å². The van der Waals surface area contributed by atoms with Gasteiger partial charge in [-0.15, -0.1) is 0 Å². The van der Waals surface area contributed by atoms with E-state index in [-0.39, 0.29) is 16.8 Å². The molecule has 1 atom stereocenters. The number of para-hydroxylation sites is 1. The maximum atomic E-state index is 13.2. The molecule has 3 aromatic rings. The Morgan fingerprint density at radius 3 is 2.47 bits per heavy atom. The van der Waals surface area contributed by atoms with Gasteiger partial charge in [-0.3, -0.25) is 4.79 Å². The average Bonchev–Trinajstić information content (AvgIpc) is 3.42. The lowest BCUT2D eigenvalue weighted by molar-refractivity contribution is -0.115. The van der Waals surface area contributed by atoms with Crippen molar-refractivity contribution < 1.29 is 13.2 Å². The molecule has 0 saturated carbocycles. The van der Waals surface area contributed by atoms with Crippen LogP contribution in [0.3, 0.4) is 0 Å². The van der Waals surface area contributed by atoms with Crippen LogP contribution in [0.4, 0.5) is 17.5 Å². The largest absolute Gasteiger partial charge is 0.363 e. The van der Waals surface area contributed by atoms with Crippen LogP contribution in [-0.2, 0) is 14.8 Å². The van der Waals surface area contributed by atoms with Crippen molar-refractivity contribution in [2.24, 2.45) is 0 Å². The van der Waals surface area contributed by atoms with Crippen LogP contribution in [0, 0.1) is 0 Å². The fourth-order valence-electron chi connectivity index (χ4n) is 4.48. The van der Waals surface area contributed by atoms with E-state index in [1.807, 2.05) is 29.2 Å². The van der Waals surface area contributed by atoms with E-state index in [1.54, 1.807) is 19.1 Å². The lowest BCUT2D eigenvalue weighted by atomic mass is 10.2. The predicted molar refractivity (Wildman–Crippen MR) is 142 cm³/mol. The van der Waals surface area contributed by atoms with Crippen LogP contribution in [0.1, 0.15) is 26.2 Å². The van der Waals surface area contributed by atoms with Crippen LogP contribution in [0.2, 0.25) is 0 Å². The maximum Gasteiger partial charge on any atom is 0.243 e. The fourth-order valence-corrected chi connectivity index (χ4v) is 5.90. The van der Waals surface area contributed by atoms with Crippen molar-refractivity contribution in [3.63, 3.8) is 0 Å². The second-order valence-electron chi connectivity index (χ2n) is 8.96. The summed E-state index contributed by atoms with van der Waals surface area (Å²) in [5.74, 6) is 1.29. The van der Waals surface area contributed by atoms with Gasteiger partial charge in [0.05, 0.1) is 10.4 Å². The minimum absolute atomic E-state index is 0.115. The zero-order chi connectivity index (χ0) is 25.1. The summed E-state index contributed by atoms with van der Waals surface area (Å²) in [7, 11) is -3.64. The van der Waals surface area contributed by atoms with E-state index in [4.69, 9.17) is 9.97 Å². The second kappa shape index (κ2) is 10.2. The molecule has 188 valence electrons. The predicted octanol–water partition coefficient (Wildman–Crippen LogP) is 3.62. The molecule has 0 spiro atoms. The van der Waals surface area contributed by atoms with Crippen LogP contribution in [-0.4, -0.2) is 60.8 Å². The standard InChI is InChI=1S/C26H30N6O3S/c1-2-24(33)27-20-11-13-21(14-12-20)36(34,35)32-17-15-31(16-18-32)26-29-23-10-6-5-9-22(23)25(30-26)28-19-7-3-4-8-19/h3,5-7,9-14,19H,2,4,8,15-18H2,1H3,(H,27,33)(H,28,29,30). The molecular weight excluding hydrogens is 476 g/mol. The van der Waals surface area contributed by atoms with E-state index in [2.05, 4.69) is 22.8 Å². The highest BCUT2D eigenvalue weighted by Gasteiger charge is 2.30. The Kier molecular flexibility index (Phi) is 6.88. The van der Waals surface area contributed by atoms with Crippen molar-refractivity contribution in [1.29, 1.82) is 0 Å². The van der Waals surface area contributed by atoms with E-state index in [9.17, 15) is 13.2 Å². The first-order chi connectivity index (χ1) is 17.4. The van der Waals surface area contributed by atoms with Gasteiger partial charge in [-0.05, 0) is 49.2 Å². The minimum Gasteiger partial charge on any atom is -0.363 e. The number of benzene rings is 2. The number of fused-ring (bicyclic) bond motifs is 1. The number of nitrogens with one attached hydrogen (secondary N) is 2. The summed E-state index contributed by atoms with van der Waals surface area (Å²) in [5, 5.41) is 7.25. The van der Waals surface area contributed by atoms with Gasteiger partial charge < -0.3 is 15.5 Å². The van der Waals surface area contributed by atoms with Crippen LogP contribution in [0.25, 0.3) is 10.9 Å². The lowest BCUT2D eigenvalue weighted by Gasteiger charge is -2.34. The molecule has 0 bridgehead atoms. The van der Waals surface area contributed by atoms with E-state index in [0.29, 0.717) is 44.2 Å². The van der Waals surface area contributed by atoms with Crippen molar-refractivity contribution in [1.82, 2.24) is 14.3 Å². The van der Waals surface area contributed by atoms with Gasteiger partial charge in [-0.2, -0.15) is 9.29 Å². The number of allylic oxidation sites excluding steroid dienone is 1. The molecule has 1 fully saturated rings. The molecule has 0 radical (unpaired) electrons. The molecule has 1 saturated heterocycles. The third-order valence-electron chi connectivity index (χ3n) is 6.54. The molecule has 2 aliphatic rings. The number of nitrogens with zero attached hydrogens (tertiary/aromatic N) is 4. The van der Waals surface area contributed by atoms with Crippen molar-refractivity contribution in [2.45, 2.75) is 37.1 Å². The molecule has 1 unspecified atom stereocenters. The molecule has 10 heteroatoms. The van der Waals surface area contributed by atoms with Crippen LogP contribution in [0.15, 0.2) is 65.6 Å². The van der Waals surface area contributed by atoms with Crippen LogP contribution < -0.4 is 15.5 Å². The summed E-state index contributed by atoms with van der Waals surface area (Å²) in [5.41, 5.74) is 1.44. The fraction of sp³-hybridized carbons (Fsp3) is 0.346. The molecule has 2 aromatic carbocycles. The van der Waals surface area contributed by atoms with Gasteiger partial charge in [-0.25, -0.2) is 13.4 Å². The number of hydrogen-bond donors (Lipinski definition) is 2. The zero-order valence-electron chi connectivity index (χ0n) is 20.2. The Hall–Kier alpha value is -3.50. The third kappa shape index (κ3) is 5.05. The molecule has 1 amide bonds. The Morgan fingerprint density at radius 2 is 1.78 bits per heavy atom. The first-order valence-electron chi connectivity index (χ1n) is 12.3. The number of carbonyl (C=O) groups excluding carboxylic acids is 1. The normalized spacial score (nSPS) is 18.5. The monoisotopic (exact) mass is 506 g/mol. The van der Waals surface area contributed by atoms with Crippen molar-refractivity contribution >= 4 is 44.3 Å². The number of sulfonamides is 1. The van der Waals surface area contributed by atoms with Gasteiger partial charge >= 0.3 is 0 Å². The summed E-state index contributed by atoms with van der Waals surface area (Å²) in [6.45, 7) is 3.42. The van der Waals surface area contributed by atoms with Gasteiger partial charge in [0.2, 0.25) is 21.9 Å². The first-order valence-corrected chi connectivity index (χ1v) is 13.7. The number of piperazine rings is 1. The van der Waals surface area contributed by atoms with E-state index >= 15 is 0 Å². The molecule has 2 heterocycles. The van der Waals surface area contributed by atoms with Crippen LogP contribution >= 0.6 is 0 Å². The van der Waals surface area contributed by atoms with Gasteiger partial charge in [0.15, 0.2) is 0 Å². The highest BCUT2D eigenvalue weighted by Crippen LogP contribution is 2.27. The smallest absolute Gasteiger partial charge is 0.243 e. The average molecular weight is 507 g/mol. The van der Waals surface area contributed by atoms with Crippen molar-refractivity contribution in [2.75, 3.05) is 41.7 Å². The third-order valence-corrected chi connectivity index (χ3v) is 8.46. The lowest BCUT2D eigenvalue weighted by Crippen LogP contribution is -2.49. The highest BCUT2D eigenvalue weighted by molar-refractivity contribution is 7.89. The summed E-state index contributed by atoms with van der Waals surface area (Å²) < 4.78 is 27.9. The van der Waals surface area contributed by atoms with E-state index in [1.165, 1.54) is 16.4 Å². The zero-order valence-corrected chi connectivity index (χ0v) is 21.0. The Bertz CT molecular complexity index is 1380. The Balaban J connectivity index is 1.30. The van der Waals surface area contributed by atoms with E-state index in [0.717, 1.165) is 29.6 Å². The summed E-state index contributed by atoms with van der Waals surface area (Å²) in [4.78, 5) is 23.4. The molecule has 1 aromatic heterocycles. The minimum atomic E-state index is -3.64. The number of amides is 1. The van der Waals surface area contributed by atoms with Gasteiger partial charge in [0.1, 0.15) is 5.82 Å². The molecule has 1 aliphatic heterocycles. The Morgan fingerprint density at radius 1 is 1.03 bits per heavy atom. The molecule has 2 N–H and O–H groups in total. The SMILES string of the molecule is CCC(=O)Nc1ccc(S(=O)(=O)N2CCN(c3nc(NC4C=CCC4)c4ccccc4n3)CC2)cc1. The molecular formula is C26H30N6O3S. The number of hydrogen-bond acceptors (Lipinski definition) is 7. The number of rotatable bonds is 7. The molecule has 36 heavy (non-hydrogen) atoms. The van der Waals surface area contributed by atoms with Crippen molar-refractivity contribution in [3.05, 3.63) is 60.7 Å². The maximum absolute atomic E-state index is 13.2. The van der Waals surface area contributed by atoms with Crippen LogP contribution in [0.5, 0.6) is 0 Å². The quantitative estimate of drug-likeness (QED) is 0.471. The van der Waals surface area contributed by atoms with Crippen molar-refractivity contribution in [3.8, 4) is 0 Å². The topological polar surface area (TPSA) is 108 Å². The summed E-state index contributed by atoms with van der Waals surface area (Å²) >= 11 is 0. The van der Waals surface area contributed by atoms with Gasteiger partial charge in [-0.1, -0.05) is 31.2 Å². The highest BCUT2D eigenvalue weighted by atomic mass is 32.2. The first kappa shape index (κ1) is 24.2. The number of aromatic nitrogens is 2. The summed E-state index contributed by atoms with van der Waals surface area (Å²) in [6.07, 6.45) is 6.80. The van der Waals surface area contributed by atoms with Gasteiger partial charge in [0.25, 0.3) is 0 Å². The molecule has 5 rings (SSSR count). The van der Waals surface area contributed by atoms with E-state index < -0.39 is 10.0 Å². The number of carbonyl (C=O) groups is 1.